The van der Waals surface area contributed by atoms with Crippen molar-refractivity contribution in [2.75, 3.05) is 6.61 Å². The minimum Gasteiger partial charge on any atom is -0.463 e. The number of benzene rings is 2. The van der Waals surface area contributed by atoms with Crippen molar-refractivity contribution in [3.63, 3.8) is 0 Å². The highest BCUT2D eigenvalue weighted by molar-refractivity contribution is 7.07. The number of fused-ring (bicyclic) bond motifs is 1. The highest BCUT2D eigenvalue weighted by atomic mass is 35.5. The summed E-state index contributed by atoms with van der Waals surface area (Å²) in [7, 11) is 0. The van der Waals surface area contributed by atoms with Crippen LogP contribution in [0.2, 0.25) is 5.02 Å². The Balaban J connectivity index is 1.65. The molecule has 198 valence electrons. The van der Waals surface area contributed by atoms with Crippen LogP contribution < -0.4 is 14.9 Å². The predicted molar refractivity (Wildman–Crippen MR) is 147 cm³/mol. The van der Waals surface area contributed by atoms with Crippen LogP contribution in [0.5, 0.6) is 0 Å². The minimum absolute atomic E-state index is 0.0722. The number of rotatable bonds is 6. The van der Waals surface area contributed by atoms with Crippen LogP contribution in [0.1, 0.15) is 36.8 Å². The Morgan fingerprint density at radius 3 is 2.72 bits per heavy atom. The zero-order valence-electron chi connectivity index (χ0n) is 21.1. The molecule has 0 fully saturated rings. The maximum atomic E-state index is 13.7. The minimum atomic E-state index is -0.835. The van der Waals surface area contributed by atoms with Crippen LogP contribution in [0.25, 0.3) is 17.4 Å². The van der Waals surface area contributed by atoms with Gasteiger partial charge in [-0.05, 0) is 56.2 Å². The molecule has 39 heavy (non-hydrogen) atoms. The average molecular weight is 564 g/mol. The van der Waals surface area contributed by atoms with E-state index in [2.05, 4.69) is 4.99 Å². The Hall–Kier alpha value is -4.28. The van der Waals surface area contributed by atoms with Crippen molar-refractivity contribution in [1.82, 2.24) is 4.57 Å². The summed E-state index contributed by atoms with van der Waals surface area (Å²) in [6, 6.07) is 14.3. The van der Waals surface area contributed by atoms with E-state index in [0.717, 1.165) is 16.9 Å². The van der Waals surface area contributed by atoms with Gasteiger partial charge in [-0.2, -0.15) is 0 Å². The number of furan rings is 1. The first-order valence-corrected chi connectivity index (χ1v) is 13.2. The highest BCUT2D eigenvalue weighted by Gasteiger charge is 2.34. The number of ether oxygens (including phenoxy) is 1. The second-order valence-electron chi connectivity index (χ2n) is 8.80. The molecule has 0 saturated heterocycles. The molecule has 1 atom stereocenters. The number of nitro benzene ring substituents is 1. The van der Waals surface area contributed by atoms with E-state index in [1.807, 2.05) is 0 Å². The van der Waals surface area contributed by atoms with E-state index in [0.29, 0.717) is 42.7 Å². The molecule has 0 N–H and O–H groups in total. The van der Waals surface area contributed by atoms with E-state index in [9.17, 15) is 19.7 Å². The highest BCUT2D eigenvalue weighted by Crippen LogP contribution is 2.35. The molecule has 2 aromatic heterocycles. The quantitative estimate of drug-likeness (QED) is 0.186. The normalized spacial score (nSPS) is 15.2. The number of esters is 1. The molecule has 1 aliphatic rings. The Kier molecular flexibility index (Phi) is 7.07. The third-order valence-electron chi connectivity index (χ3n) is 6.23. The van der Waals surface area contributed by atoms with Gasteiger partial charge in [0.15, 0.2) is 4.80 Å². The Bertz CT molecular complexity index is 1850. The van der Waals surface area contributed by atoms with Gasteiger partial charge in [0.05, 0.1) is 32.9 Å². The first kappa shape index (κ1) is 26.3. The van der Waals surface area contributed by atoms with Gasteiger partial charge in [-0.25, -0.2) is 9.79 Å². The summed E-state index contributed by atoms with van der Waals surface area (Å²) < 4.78 is 12.9. The van der Waals surface area contributed by atoms with Crippen LogP contribution >= 0.6 is 22.9 Å². The summed E-state index contributed by atoms with van der Waals surface area (Å²) in [5.74, 6) is 0.0594. The predicted octanol–water partition coefficient (Wildman–Crippen LogP) is 4.93. The van der Waals surface area contributed by atoms with Gasteiger partial charge in [0.25, 0.3) is 11.2 Å². The van der Waals surface area contributed by atoms with Gasteiger partial charge < -0.3 is 9.15 Å². The molecule has 2 aromatic carbocycles. The van der Waals surface area contributed by atoms with Crippen LogP contribution in [-0.4, -0.2) is 22.1 Å². The van der Waals surface area contributed by atoms with Crippen molar-refractivity contribution < 1.29 is 18.9 Å². The summed E-state index contributed by atoms with van der Waals surface area (Å²) in [6.45, 7) is 5.33. The van der Waals surface area contributed by atoms with Crippen molar-refractivity contribution in [2.24, 2.45) is 4.99 Å². The molecule has 11 heteroatoms. The summed E-state index contributed by atoms with van der Waals surface area (Å²) in [5.41, 5.74) is 1.85. The Morgan fingerprint density at radius 2 is 2.00 bits per heavy atom. The Morgan fingerprint density at radius 1 is 1.23 bits per heavy atom. The van der Waals surface area contributed by atoms with Gasteiger partial charge in [-0.1, -0.05) is 47.2 Å². The molecule has 9 nitrogen and oxygen atoms in total. The molecule has 0 unspecified atom stereocenters. The second-order valence-corrected chi connectivity index (χ2v) is 10.2. The monoisotopic (exact) mass is 563 g/mol. The molecule has 4 aromatic rings. The Labute approximate surface area is 231 Å². The van der Waals surface area contributed by atoms with E-state index in [1.54, 1.807) is 75.4 Å². The van der Waals surface area contributed by atoms with Crippen LogP contribution in [0.3, 0.4) is 0 Å². The number of aryl methyl sites for hydroxylation is 1. The zero-order valence-corrected chi connectivity index (χ0v) is 22.7. The maximum absolute atomic E-state index is 13.7. The number of hydrogen-bond donors (Lipinski definition) is 0. The number of thiazole rings is 1. The van der Waals surface area contributed by atoms with E-state index in [1.165, 1.54) is 10.6 Å². The standard InChI is InChI=1S/C28H22ClN3O6S/c1-4-37-27(34)24-16(3)30-28-31(25(24)18-7-5-6-8-20(18)29)26(33)23(39-28)14-17-10-12-22(38-17)19-11-9-15(2)13-21(19)32(35)36/h5-14,25H,4H2,1-3H3/b23-14-/t25-/m0/s1. The number of allylic oxidation sites excluding steroid dienone is 1. The first-order valence-electron chi connectivity index (χ1n) is 12.0. The lowest BCUT2D eigenvalue weighted by molar-refractivity contribution is -0.384. The fourth-order valence-electron chi connectivity index (χ4n) is 4.49. The molecule has 0 aliphatic carbocycles. The van der Waals surface area contributed by atoms with Crippen molar-refractivity contribution >= 4 is 40.7 Å². The van der Waals surface area contributed by atoms with Gasteiger partial charge in [-0.3, -0.25) is 19.5 Å². The number of hydrogen-bond acceptors (Lipinski definition) is 8. The lowest BCUT2D eigenvalue weighted by Crippen LogP contribution is -2.40. The van der Waals surface area contributed by atoms with Crippen molar-refractivity contribution in [1.29, 1.82) is 0 Å². The number of aromatic nitrogens is 1. The molecular formula is C28H22ClN3O6S. The third-order valence-corrected chi connectivity index (χ3v) is 7.56. The van der Waals surface area contributed by atoms with E-state index >= 15 is 0 Å². The van der Waals surface area contributed by atoms with Crippen molar-refractivity contribution in [2.45, 2.75) is 26.8 Å². The molecule has 3 heterocycles. The molecule has 0 radical (unpaired) electrons. The van der Waals surface area contributed by atoms with E-state index < -0.39 is 22.5 Å². The molecule has 0 bridgehead atoms. The lowest BCUT2D eigenvalue weighted by atomic mass is 9.96. The van der Waals surface area contributed by atoms with Crippen LogP contribution in [0.15, 0.2) is 80.1 Å². The van der Waals surface area contributed by atoms with E-state index in [4.69, 9.17) is 20.8 Å². The molecule has 5 rings (SSSR count). The lowest BCUT2D eigenvalue weighted by Gasteiger charge is -2.25. The number of nitro groups is 1. The second kappa shape index (κ2) is 10.5. The summed E-state index contributed by atoms with van der Waals surface area (Å²) >= 11 is 7.66. The van der Waals surface area contributed by atoms with Crippen LogP contribution in [0, 0.1) is 17.0 Å². The summed E-state index contributed by atoms with van der Waals surface area (Å²) in [6.07, 6.45) is 1.56. The molecule has 0 spiro atoms. The van der Waals surface area contributed by atoms with Crippen LogP contribution in [-0.2, 0) is 9.53 Å². The van der Waals surface area contributed by atoms with Crippen molar-refractivity contribution in [3.05, 3.63) is 118 Å². The van der Waals surface area contributed by atoms with Crippen LogP contribution in [0.4, 0.5) is 5.69 Å². The van der Waals surface area contributed by atoms with Gasteiger partial charge in [-0.15, -0.1) is 0 Å². The third kappa shape index (κ3) is 4.84. The maximum Gasteiger partial charge on any atom is 0.338 e. The molecule has 0 amide bonds. The fraction of sp³-hybridized carbons (Fsp3) is 0.179. The first-order chi connectivity index (χ1) is 18.7. The van der Waals surface area contributed by atoms with E-state index in [-0.39, 0.29) is 17.9 Å². The molecular weight excluding hydrogens is 542 g/mol. The summed E-state index contributed by atoms with van der Waals surface area (Å²) in [5, 5.41) is 12.0. The SMILES string of the molecule is CCOC(=O)C1=C(C)N=c2s/c(=C\c3ccc(-c4ccc(C)cc4[N+](=O)[O-])o3)c(=O)n2[C@H]1c1ccccc1Cl. The molecule has 0 saturated carbocycles. The van der Waals surface area contributed by atoms with Gasteiger partial charge in [0.1, 0.15) is 17.6 Å². The van der Waals surface area contributed by atoms with Gasteiger partial charge >= 0.3 is 5.97 Å². The summed E-state index contributed by atoms with van der Waals surface area (Å²) in [4.78, 5) is 42.8. The smallest absolute Gasteiger partial charge is 0.338 e. The zero-order chi connectivity index (χ0) is 27.8. The largest absolute Gasteiger partial charge is 0.463 e. The van der Waals surface area contributed by atoms with Gasteiger partial charge in [0.2, 0.25) is 0 Å². The average Bonchev–Trinajstić information content (AvgIpc) is 3.48. The number of halogens is 1. The fourth-order valence-corrected chi connectivity index (χ4v) is 5.75. The number of carbonyl (C=O) groups is 1. The topological polar surface area (TPSA) is 117 Å². The molecule has 1 aliphatic heterocycles. The number of nitrogens with zero attached hydrogens (tertiary/aromatic N) is 3. The van der Waals surface area contributed by atoms with Crippen molar-refractivity contribution in [3.8, 4) is 11.3 Å². The number of carbonyl (C=O) groups excluding carboxylic acids is 1. The van der Waals surface area contributed by atoms with Gasteiger partial charge in [0, 0.05) is 17.2 Å².